The van der Waals surface area contributed by atoms with Gasteiger partial charge >= 0.3 is 0 Å². The number of rotatable bonds is 10. The monoisotopic (exact) mass is 618 g/mol. The number of carbonyl (C=O) groups excluding carboxylic acids is 1. The molecule has 0 aromatic heterocycles. The lowest BCUT2D eigenvalue weighted by molar-refractivity contribution is 0.0628. The number of aliphatic imine (C=N–C) groups is 1. The Morgan fingerprint density at radius 3 is 2.30 bits per heavy atom. The Labute approximate surface area is 260 Å². The number of hydrogen-bond acceptors (Lipinski definition) is 7. The largest absolute Gasteiger partial charge is 0.493 e. The fraction of sp³-hybridized carbons (Fsp3) is 0.412. The first-order chi connectivity index (χ1) is 21.3. The van der Waals surface area contributed by atoms with E-state index in [0.29, 0.717) is 47.4 Å². The van der Waals surface area contributed by atoms with Gasteiger partial charge in [0, 0.05) is 50.2 Å². The van der Waals surface area contributed by atoms with Crippen LogP contribution in [0.1, 0.15) is 66.4 Å². The SMILES string of the molecule is C/C=N\c1c(C2CCCCC2)cccc1S(=O)(=O)Nc1ccc(C(=O)N2CCN(Cc3ccc(OC)c(OC)c3)CC2)cc1. The van der Waals surface area contributed by atoms with Crippen molar-refractivity contribution in [1.29, 1.82) is 0 Å². The molecular weight excluding hydrogens is 576 g/mol. The van der Waals surface area contributed by atoms with Gasteiger partial charge in [0.2, 0.25) is 0 Å². The second kappa shape index (κ2) is 14.3. The molecule has 1 aliphatic carbocycles. The lowest BCUT2D eigenvalue weighted by atomic mass is 9.83. The maximum Gasteiger partial charge on any atom is 0.264 e. The van der Waals surface area contributed by atoms with Gasteiger partial charge in [-0.15, -0.1) is 0 Å². The second-order valence-electron chi connectivity index (χ2n) is 11.4. The Morgan fingerprint density at radius 1 is 0.932 bits per heavy atom. The van der Waals surface area contributed by atoms with Gasteiger partial charge in [0.05, 0.1) is 19.9 Å². The van der Waals surface area contributed by atoms with Crippen LogP contribution >= 0.6 is 0 Å². The van der Waals surface area contributed by atoms with Crippen LogP contribution < -0.4 is 14.2 Å². The molecular formula is C34H42N4O5S. The highest BCUT2D eigenvalue weighted by atomic mass is 32.2. The molecule has 1 aliphatic heterocycles. The van der Waals surface area contributed by atoms with E-state index in [1.807, 2.05) is 35.2 Å². The van der Waals surface area contributed by atoms with Crippen molar-refractivity contribution in [2.45, 2.75) is 56.4 Å². The van der Waals surface area contributed by atoms with E-state index in [1.54, 1.807) is 57.7 Å². The standard InChI is InChI=1S/C34H42N4O5S/c1-4-35-33-29(26-9-6-5-7-10-26)11-8-12-32(33)44(40,41)36-28-16-14-27(15-17-28)34(39)38-21-19-37(20-22-38)24-25-13-18-30(42-2)31(23-25)43-3/h4,8,11-18,23,26,36H,5-7,9-10,19-22,24H2,1-3H3/b35-4-. The molecule has 0 unspecified atom stereocenters. The Bertz CT molecular complexity index is 1580. The molecule has 9 nitrogen and oxygen atoms in total. The fourth-order valence-electron chi connectivity index (χ4n) is 6.19. The first kappa shape index (κ1) is 31.5. The van der Waals surface area contributed by atoms with Crippen LogP contribution in [0.15, 0.2) is 70.6 Å². The molecule has 1 saturated heterocycles. The number of piperazine rings is 1. The summed E-state index contributed by atoms with van der Waals surface area (Å²) in [6.07, 6.45) is 7.26. The molecule has 44 heavy (non-hydrogen) atoms. The molecule has 0 bridgehead atoms. The summed E-state index contributed by atoms with van der Waals surface area (Å²) in [5, 5.41) is 0. The summed E-state index contributed by atoms with van der Waals surface area (Å²) in [6, 6.07) is 18.0. The summed E-state index contributed by atoms with van der Waals surface area (Å²) in [6.45, 7) is 5.28. The highest BCUT2D eigenvalue weighted by Gasteiger charge is 2.26. The average molecular weight is 619 g/mol. The van der Waals surface area contributed by atoms with Gasteiger partial charge in [0.25, 0.3) is 15.9 Å². The summed E-state index contributed by atoms with van der Waals surface area (Å²) in [4.78, 5) is 22.1. The van der Waals surface area contributed by atoms with Gasteiger partial charge in [0.1, 0.15) is 4.90 Å². The van der Waals surface area contributed by atoms with Crippen molar-refractivity contribution in [3.63, 3.8) is 0 Å². The molecule has 1 saturated carbocycles. The van der Waals surface area contributed by atoms with Gasteiger partial charge in [0.15, 0.2) is 11.5 Å². The van der Waals surface area contributed by atoms with Crippen molar-refractivity contribution in [2.75, 3.05) is 45.1 Å². The second-order valence-corrected chi connectivity index (χ2v) is 13.0. The molecule has 1 amide bonds. The maximum atomic E-state index is 13.5. The third-order valence-electron chi connectivity index (χ3n) is 8.52. The zero-order valence-electron chi connectivity index (χ0n) is 25.8. The number of hydrogen-bond donors (Lipinski definition) is 1. The summed E-state index contributed by atoms with van der Waals surface area (Å²) in [5.74, 6) is 1.65. The minimum absolute atomic E-state index is 0.0649. The van der Waals surface area contributed by atoms with E-state index >= 15 is 0 Å². The van der Waals surface area contributed by atoms with Crippen LogP contribution in [-0.2, 0) is 16.6 Å². The van der Waals surface area contributed by atoms with Gasteiger partial charge in [-0.3, -0.25) is 19.4 Å². The molecule has 10 heteroatoms. The minimum atomic E-state index is -3.90. The summed E-state index contributed by atoms with van der Waals surface area (Å²) < 4.78 is 40.6. The summed E-state index contributed by atoms with van der Waals surface area (Å²) >= 11 is 0. The average Bonchev–Trinajstić information content (AvgIpc) is 3.05. The van der Waals surface area contributed by atoms with Crippen molar-refractivity contribution in [2.24, 2.45) is 4.99 Å². The number of amides is 1. The molecule has 3 aromatic rings. The molecule has 2 fully saturated rings. The zero-order valence-corrected chi connectivity index (χ0v) is 26.6. The number of carbonyl (C=O) groups is 1. The Balaban J connectivity index is 1.21. The molecule has 0 spiro atoms. The van der Waals surface area contributed by atoms with E-state index in [-0.39, 0.29) is 10.8 Å². The third kappa shape index (κ3) is 7.25. The van der Waals surface area contributed by atoms with E-state index in [2.05, 4.69) is 14.6 Å². The van der Waals surface area contributed by atoms with Gasteiger partial charge in [-0.1, -0.05) is 37.5 Å². The lowest BCUT2D eigenvalue weighted by Gasteiger charge is -2.35. The van der Waals surface area contributed by atoms with Crippen LogP contribution in [0.4, 0.5) is 11.4 Å². The van der Waals surface area contributed by atoms with Crippen molar-refractivity contribution in [1.82, 2.24) is 9.80 Å². The van der Waals surface area contributed by atoms with Gasteiger partial charge in [-0.25, -0.2) is 8.42 Å². The highest BCUT2D eigenvalue weighted by molar-refractivity contribution is 7.92. The van der Waals surface area contributed by atoms with Crippen molar-refractivity contribution < 1.29 is 22.7 Å². The molecule has 234 valence electrons. The number of ether oxygens (including phenoxy) is 2. The molecule has 1 N–H and O–H groups in total. The molecule has 5 rings (SSSR count). The normalized spacial score (nSPS) is 16.7. The van der Waals surface area contributed by atoms with E-state index in [4.69, 9.17) is 9.47 Å². The quantitative estimate of drug-likeness (QED) is 0.270. The molecule has 0 radical (unpaired) electrons. The van der Waals surface area contributed by atoms with E-state index in [0.717, 1.165) is 56.4 Å². The highest BCUT2D eigenvalue weighted by Crippen LogP contribution is 2.40. The van der Waals surface area contributed by atoms with Gasteiger partial charge in [-0.05, 0) is 79.3 Å². The predicted octanol–water partition coefficient (Wildman–Crippen LogP) is 6.23. The number of anilines is 1. The van der Waals surface area contributed by atoms with E-state index in [9.17, 15) is 13.2 Å². The van der Waals surface area contributed by atoms with Crippen LogP contribution in [0, 0.1) is 0 Å². The number of methoxy groups -OCH3 is 2. The summed E-state index contributed by atoms with van der Waals surface area (Å²) in [7, 11) is -0.653. The molecule has 3 aromatic carbocycles. The smallest absolute Gasteiger partial charge is 0.264 e. The Kier molecular flexibility index (Phi) is 10.2. The van der Waals surface area contributed by atoms with E-state index in [1.165, 1.54) is 6.42 Å². The molecule has 2 aliphatic rings. The number of benzene rings is 3. The van der Waals surface area contributed by atoms with Crippen LogP contribution in [-0.4, -0.2) is 70.7 Å². The van der Waals surface area contributed by atoms with Crippen LogP contribution in [0.25, 0.3) is 0 Å². The first-order valence-corrected chi connectivity index (χ1v) is 16.8. The van der Waals surface area contributed by atoms with Crippen LogP contribution in [0.3, 0.4) is 0 Å². The molecule has 1 heterocycles. The topological polar surface area (TPSA) is 101 Å². The third-order valence-corrected chi connectivity index (χ3v) is 9.93. The van der Waals surface area contributed by atoms with Gasteiger partial charge in [-0.2, -0.15) is 0 Å². The zero-order chi connectivity index (χ0) is 31.1. The number of nitrogens with one attached hydrogen (secondary N) is 1. The number of sulfonamides is 1. The first-order valence-electron chi connectivity index (χ1n) is 15.3. The van der Waals surface area contributed by atoms with E-state index < -0.39 is 10.0 Å². The molecule has 0 atom stereocenters. The minimum Gasteiger partial charge on any atom is -0.493 e. The predicted molar refractivity (Wildman–Crippen MR) is 174 cm³/mol. The number of nitrogens with zero attached hydrogens (tertiary/aromatic N) is 3. The van der Waals surface area contributed by atoms with Crippen molar-refractivity contribution in [3.05, 3.63) is 77.4 Å². The van der Waals surface area contributed by atoms with Crippen molar-refractivity contribution in [3.8, 4) is 11.5 Å². The van der Waals surface area contributed by atoms with Crippen molar-refractivity contribution >= 4 is 33.5 Å². The van der Waals surface area contributed by atoms with Crippen LogP contribution in [0.5, 0.6) is 11.5 Å². The van der Waals surface area contributed by atoms with Gasteiger partial charge < -0.3 is 14.4 Å². The maximum absolute atomic E-state index is 13.5. The fourth-order valence-corrected chi connectivity index (χ4v) is 7.43. The van der Waals surface area contributed by atoms with Crippen LogP contribution in [0.2, 0.25) is 0 Å². The lowest BCUT2D eigenvalue weighted by Crippen LogP contribution is -2.48. The summed E-state index contributed by atoms with van der Waals surface area (Å²) in [5.41, 5.74) is 3.56. The Morgan fingerprint density at radius 2 is 1.64 bits per heavy atom. The number of para-hydroxylation sites is 1. The Hall–Kier alpha value is -3.89.